The van der Waals surface area contributed by atoms with Crippen molar-refractivity contribution >= 4 is 6.03 Å². The number of aryl methyl sites for hydroxylation is 2. The second-order valence-corrected chi connectivity index (χ2v) is 6.65. The van der Waals surface area contributed by atoms with E-state index in [1.807, 2.05) is 0 Å². The molecule has 2 aromatic carbocycles. The lowest BCUT2D eigenvalue weighted by atomic mass is 9.89. The number of rotatable bonds is 5. The van der Waals surface area contributed by atoms with Crippen molar-refractivity contribution in [1.29, 1.82) is 0 Å². The van der Waals surface area contributed by atoms with Gasteiger partial charge in [-0.2, -0.15) is 0 Å². The number of carbonyl (C=O) groups excluding carboxylic acids is 1. The van der Waals surface area contributed by atoms with E-state index >= 15 is 0 Å². The van der Waals surface area contributed by atoms with Crippen LogP contribution >= 0.6 is 0 Å². The minimum Gasteiger partial charge on any atom is -0.334 e. The van der Waals surface area contributed by atoms with Gasteiger partial charge >= 0.3 is 6.03 Å². The summed E-state index contributed by atoms with van der Waals surface area (Å²) >= 11 is 0. The van der Waals surface area contributed by atoms with Crippen molar-refractivity contribution in [3.63, 3.8) is 0 Å². The maximum absolute atomic E-state index is 13.2. The molecule has 3 rings (SSSR count). The van der Waals surface area contributed by atoms with Crippen molar-refractivity contribution < 1.29 is 9.18 Å². The molecule has 132 valence electrons. The van der Waals surface area contributed by atoms with Gasteiger partial charge in [0.15, 0.2) is 0 Å². The number of nitrogens with one attached hydrogen (secondary N) is 2. The summed E-state index contributed by atoms with van der Waals surface area (Å²) < 4.78 is 13.2. The van der Waals surface area contributed by atoms with E-state index in [9.17, 15) is 9.18 Å². The van der Waals surface area contributed by atoms with E-state index in [2.05, 4.69) is 35.8 Å². The van der Waals surface area contributed by atoms with Crippen molar-refractivity contribution in [2.75, 3.05) is 0 Å². The highest BCUT2D eigenvalue weighted by Gasteiger charge is 2.16. The SMILES string of the molecule is CCC(NC(=O)NCc1cccc(F)c1)c1ccc2c(c1)CCCC2. The minimum atomic E-state index is -0.291. The molecule has 0 fully saturated rings. The van der Waals surface area contributed by atoms with Crippen molar-refractivity contribution in [3.8, 4) is 0 Å². The third kappa shape index (κ3) is 4.59. The Kier molecular flexibility index (Phi) is 5.69. The molecule has 0 spiro atoms. The van der Waals surface area contributed by atoms with Gasteiger partial charge in [0, 0.05) is 6.54 Å². The molecule has 1 unspecified atom stereocenters. The molecule has 2 N–H and O–H groups in total. The molecule has 3 nitrogen and oxygen atoms in total. The van der Waals surface area contributed by atoms with Gasteiger partial charge in [0.1, 0.15) is 5.82 Å². The molecule has 2 amide bonds. The van der Waals surface area contributed by atoms with Crippen molar-refractivity contribution in [1.82, 2.24) is 10.6 Å². The van der Waals surface area contributed by atoms with Gasteiger partial charge in [-0.3, -0.25) is 0 Å². The Morgan fingerprint density at radius 1 is 1.12 bits per heavy atom. The molecule has 25 heavy (non-hydrogen) atoms. The van der Waals surface area contributed by atoms with Crippen molar-refractivity contribution in [2.24, 2.45) is 0 Å². The zero-order valence-corrected chi connectivity index (χ0v) is 14.6. The van der Waals surface area contributed by atoms with E-state index in [1.54, 1.807) is 12.1 Å². The molecular formula is C21H25FN2O. The molecule has 0 saturated carbocycles. The van der Waals surface area contributed by atoms with Crippen LogP contribution in [-0.4, -0.2) is 6.03 Å². The molecular weight excluding hydrogens is 315 g/mol. The number of hydrogen-bond donors (Lipinski definition) is 2. The third-order valence-corrected chi connectivity index (χ3v) is 4.83. The van der Waals surface area contributed by atoms with Gasteiger partial charge in [0.2, 0.25) is 0 Å². The van der Waals surface area contributed by atoms with E-state index in [0.717, 1.165) is 30.4 Å². The fraction of sp³-hybridized carbons (Fsp3) is 0.381. The summed E-state index contributed by atoms with van der Waals surface area (Å²) in [6.45, 7) is 2.38. The predicted octanol–water partition coefficient (Wildman–Crippen LogP) is 4.66. The molecule has 0 aromatic heterocycles. The second-order valence-electron chi connectivity index (χ2n) is 6.65. The summed E-state index contributed by atoms with van der Waals surface area (Å²) in [5.41, 5.74) is 4.77. The number of hydrogen-bond acceptors (Lipinski definition) is 1. The van der Waals surface area contributed by atoms with Crippen LogP contribution in [0.3, 0.4) is 0 Å². The topological polar surface area (TPSA) is 41.1 Å². The summed E-state index contributed by atoms with van der Waals surface area (Å²) in [7, 11) is 0. The van der Waals surface area contributed by atoms with Crippen molar-refractivity contribution in [3.05, 3.63) is 70.5 Å². The maximum atomic E-state index is 13.2. The van der Waals surface area contributed by atoms with Crippen LogP contribution in [0.1, 0.15) is 54.5 Å². The number of halogens is 1. The largest absolute Gasteiger partial charge is 0.334 e. The van der Waals surface area contributed by atoms with E-state index in [0.29, 0.717) is 6.54 Å². The highest BCUT2D eigenvalue weighted by molar-refractivity contribution is 5.74. The average Bonchev–Trinajstić information content (AvgIpc) is 2.64. The van der Waals surface area contributed by atoms with Gasteiger partial charge in [-0.1, -0.05) is 37.3 Å². The molecule has 0 aliphatic heterocycles. The first-order valence-electron chi connectivity index (χ1n) is 9.06. The molecule has 0 bridgehead atoms. The van der Waals surface area contributed by atoms with Gasteiger partial charge in [-0.15, -0.1) is 0 Å². The lowest BCUT2D eigenvalue weighted by Gasteiger charge is -2.22. The number of carbonyl (C=O) groups is 1. The second kappa shape index (κ2) is 8.15. The van der Waals surface area contributed by atoms with Crippen molar-refractivity contribution in [2.45, 2.75) is 51.6 Å². The highest BCUT2D eigenvalue weighted by atomic mass is 19.1. The van der Waals surface area contributed by atoms with Crippen LogP contribution in [0.2, 0.25) is 0 Å². The van der Waals surface area contributed by atoms with Gasteiger partial charge in [0.05, 0.1) is 6.04 Å². The Morgan fingerprint density at radius 2 is 1.92 bits per heavy atom. The Labute approximate surface area is 148 Å². The first kappa shape index (κ1) is 17.5. The smallest absolute Gasteiger partial charge is 0.315 e. The van der Waals surface area contributed by atoms with Crippen LogP contribution < -0.4 is 10.6 Å². The van der Waals surface area contributed by atoms with Gasteiger partial charge in [-0.25, -0.2) is 9.18 Å². The van der Waals surface area contributed by atoms with Gasteiger partial charge in [-0.05, 0) is 66.5 Å². The zero-order chi connectivity index (χ0) is 17.6. The molecule has 2 aromatic rings. The molecule has 0 saturated heterocycles. The summed E-state index contributed by atoms with van der Waals surface area (Å²) in [5.74, 6) is -0.291. The molecule has 1 aliphatic rings. The third-order valence-electron chi connectivity index (χ3n) is 4.83. The number of fused-ring (bicyclic) bond motifs is 1. The molecule has 4 heteroatoms. The van der Waals surface area contributed by atoms with Crippen LogP contribution in [0, 0.1) is 5.82 Å². The van der Waals surface area contributed by atoms with Crippen LogP contribution in [0.15, 0.2) is 42.5 Å². The van der Waals surface area contributed by atoms with Crippen LogP contribution in [-0.2, 0) is 19.4 Å². The normalized spacial score (nSPS) is 14.5. The Morgan fingerprint density at radius 3 is 2.68 bits per heavy atom. The fourth-order valence-electron chi connectivity index (χ4n) is 3.43. The van der Waals surface area contributed by atoms with Crippen LogP contribution in [0.25, 0.3) is 0 Å². The maximum Gasteiger partial charge on any atom is 0.315 e. The lowest BCUT2D eigenvalue weighted by molar-refractivity contribution is 0.236. The van der Waals surface area contributed by atoms with Crippen LogP contribution in [0.5, 0.6) is 0 Å². The van der Waals surface area contributed by atoms with Gasteiger partial charge in [0.25, 0.3) is 0 Å². The monoisotopic (exact) mass is 340 g/mol. The van der Waals surface area contributed by atoms with Crippen LogP contribution in [0.4, 0.5) is 9.18 Å². The molecule has 1 aliphatic carbocycles. The standard InChI is InChI=1S/C21H25FN2O/c1-2-20(18-11-10-16-7-3-4-8-17(16)13-18)24-21(25)23-14-15-6-5-9-19(22)12-15/h5-6,9-13,20H,2-4,7-8,14H2,1H3,(H2,23,24,25). The predicted molar refractivity (Wildman–Crippen MR) is 97.9 cm³/mol. The Bertz CT molecular complexity index is 744. The first-order chi connectivity index (χ1) is 12.2. The first-order valence-corrected chi connectivity index (χ1v) is 9.06. The van der Waals surface area contributed by atoms with E-state index in [4.69, 9.17) is 0 Å². The zero-order valence-electron chi connectivity index (χ0n) is 14.6. The summed E-state index contributed by atoms with van der Waals surface area (Å²) in [6, 6.07) is 12.6. The Hall–Kier alpha value is -2.36. The Balaban J connectivity index is 1.60. The molecule has 0 radical (unpaired) electrons. The number of urea groups is 1. The summed E-state index contributed by atoms with van der Waals surface area (Å²) in [4.78, 5) is 12.2. The van der Waals surface area contributed by atoms with E-state index in [1.165, 1.54) is 36.1 Å². The minimum absolute atomic E-state index is 0.0141. The fourth-order valence-corrected chi connectivity index (χ4v) is 3.43. The lowest BCUT2D eigenvalue weighted by Crippen LogP contribution is -2.37. The summed E-state index contributed by atoms with van der Waals surface area (Å²) in [5, 5.41) is 5.84. The highest BCUT2D eigenvalue weighted by Crippen LogP contribution is 2.26. The summed E-state index contributed by atoms with van der Waals surface area (Å²) in [6.07, 6.45) is 5.63. The van der Waals surface area contributed by atoms with Gasteiger partial charge < -0.3 is 10.6 Å². The van der Waals surface area contributed by atoms with E-state index < -0.39 is 0 Å². The molecule has 1 atom stereocenters. The average molecular weight is 340 g/mol. The number of amides is 2. The van der Waals surface area contributed by atoms with E-state index in [-0.39, 0.29) is 17.9 Å². The molecule has 0 heterocycles. The quantitative estimate of drug-likeness (QED) is 0.817. The number of benzene rings is 2.